The van der Waals surface area contributed by atoms with Gasteiger partial charge in [0.15, 0.2) is 0 Å². The summed E-state index contributed by atoms with van der Waals surface area (Å²) in [5, 5.41) is 6.63. The van der Waals surface area contributed by atoms with Gasteiger partial charge in [0.2, 0.25) is 0 Å². The molecule has 3 rings (SSSR count). The summed E-state index contributed by atoms with van der Waals surface area (Å²) >= 11 is 5.95. The molecule has 0 aliphatic rings. The topological polar surface area (TPSA) is 66.9 Å². The van der Waals surface area contributed by atoms with Crippen molar-refractivity contribution in [2.75, 3.05) is 18.4 Å². The number of carbonyl (C=O) groups is 1. The zero-order valence-corrected chi connectivity index (χ0v) is 15.9. The van der Waals surface area contributed by atoms with E-state index in [9.17, 15) is 9.18 Å². The highest BCUT2D eigenvalue weighted by molar-refractivity contribution is 6.30. The van der Waals surface area contributed by atoms with Gasteiger partial charge in [-0.2, -0.15) is 0 Å². The third-order valence-electron chi connectivity index (χ3n) is 4.11. The normalized spacial score (nSPS) is 10.5. The summed E-state index contributed by atoms with van der Waals surface area (Å²) in [5.74, 6) is 0.0639. The first-order valence-electron chi connectivity index (χ1n) is 8.93. The van der Waals surface area contributed by atoms with E-state index in [1.807, 2.05) is 24.3 Å². The number of aromatic nitrogens is 2. The van der Waals surface area contributed by atoms with Crippen LogP contribution < -0.4 is 10.6 Å². The molecule has 0 fully saturated rings. The minimum atomic E-state index is -0.271. The standard InChI is InChI=1S/C21H20ClFN4O/c22-17-3-1-2-16(12-17)9-11-25-21(28)19-13-27-20(14-26-19)24-10-8-15-4-6-18(23)7-5-15/h1-7,12-14H,8-11H2,(H,24,27)(H,25,28). The van der Waals surface area contributed by atoms with Gasteiger partial charge in [-0.1, -0.05) is 35.9 Å². The van der Waals surface area contributed by atoms with Crippen LogP contribution in [0.3, 0.4) is 0 Å². The average molecular weight is 399 g/mol. The maximum Gasteiger partial charge on any atom is 0.271 e. The maximum absolute atomic E-state index is 12.9. The Morgan fingerprint density at radius 1 is 0.964 bits per heavy atom. The van der Waals surface area contributed by atoms with E-state index in [1.54, 1.807) is 12.1 Å². The third kappa shape index (κ3) is 6.03. The fourth-order valence-corrected chi connectivity index (χ4v) is 2.84. The fraction of sp³-hybridized carbons (Fsp3) is 0.190. The zero-order valence-electron chi connectivity index (χ0n) is 15.2. The van der Waals surface area contributed by atoms with Crippen molar-refractivity contribution >= 4 is 23.3 Å². The first kappa shape index (κ1) is 19.8. The summed E-state index contributed by atoms with van der Waals surface area (Å²) in [4.78, 5) is 20.5. The highest BCUT2D eigenvalue weighted by Gasteiger charge is 2.07. The highest BCUT2D eigenvalue weighted by Crippen LogP contribution is 2.11. The van der Waals surface area contributed by atoms with Gasteiger partial charge in [0.25, 0.3) is 5.91 Å². The van der Waals surface area contributed by atoms with E-state index >= 15 is 0 Å². The molecule has 0 unspecified atom stereocenters. The molecule has 0 saturated carbocycles. The van der Waals surface area contributed by atoms with E-state index < -0.39 is 0 Å². The molecule has 0 spiro atoms. The summed E-state index contributed by atoms with van der Waals surface area (Å²) in [6, 6.07) is 13.9. The van der Waals surface area contributed by atoms with Gasteiger partial charge in [0, 0.05) is 18.1 Å². The number of amides is 1. The van der Waals surface area contributed by atoms with Crippen molar-refractivity contribution in [3.63, 3.8) is 0 Å². The van der Waals surface area contributed by atoms with Crippen LogP contribution in [0.15, 0.2) is 60.9 Å². The van der Waals surface area contributed by atoms with Crippen molar-refractivity contribution in [2.45, 2.75) is 12.8 Å². The number of rotatable bonds is 8. The number of carbonyl (C=O) groups excluding carboxylic acids is 1. The second-order valence-corrected chi connectivity index (χ2v) is 6.66. The summed E-state index contributed by atoms with van der Waals surface area (Å²) in [6.45, 7) is 1.12. The number of benzene rings is 2. The van der Waals surface area contributed by atoms with Crippen LogP contribution in [0.5, 0.6) is 0 Å². The van der Waals surface area contributed by atoms with Gasteiger partial charge < -0.3 is 10.6 Å². The zero-order chi connectivity index (χ0) is 19.8. The van der Waals surface area contributed by atoms with Crippen molar-refractivity contribution in [3.05, 3.63) is 88.6 Å². The molecule has 0 bridgehead atoms. The van der Waals surface area contributed by atoms with E-state index in [4.69, 9.17) is 11.6 Å². The second kappa shape index (κ2) is 9.80. The molecule has 28 heavy (non-hydrogen) atoms. The molecule has 0 saturated heterocycles. The molecule has 0 aliphatic heterocycles. The lowest BCUT2D eigenvalue weighted by atomic mass is 10.1. The molecule has 2 aromatic carbocycles. The van der Waals surface area contributed by atoms with Gasteiger partial charge in [-0.15, -0.1) is 0 Å². The third-order valence-corrected chi connectivity index (χ3v) is 4.34. The molecule has 3 aromatic rings. The second-order valence-electron chi connectivity index (χ2n) is 6.23. The molecule has 1 heterocycles. The monoisotopic (exact) mass is 398 g/mol. The molecule has 2 N–H and O–H groups in total. The number of hydrogen-bond acceptors (Lipinski definition) is 4. The Morgan fingerprint density at radius 3 is 2.46 bits per heavy atom. The predicted octanol–water partition coefficient (Wildman–Crippen LogP) is 3.90. The molecular formula is C21H20ClFN4O. The van der Waals surface area contributed by atoms with Gasteiger partial charge >= 0.3 is 0 Å². The number of nitrogens with zero attached hydrogens (tertiary/aromatic N) is 2. The van der Waals surface area contributed by atoms with Crippen LogP contribution in [-0.4, -0.2) is 29.0 Å². The Kier molecular flexibility index (Phi) is 6.92. The van der Waals surface area contributed by atoms with Crippen LogP contribution in [0.1, 0.15) is 21.6 Å². The van der Waals surface area contributed by atoms with Gasteiger partial charge in [0.1, 0.15) is 17.3 Å². The van der Waals surface area contributed by atoms with Gasteiger partial charge in [0.05, 0.1) is 12.4 Å². The first-order chi connectivity index (χ1) is 13.6. The molecule has 0 radical (unpaired) electrons. The maximum atomic E-state index is 12.9. The van der Waals surface area contributed by atoms with E-state index in [1.165, 1.54) is 24.5 Å². The smallest absolute Gasteiger partial charge is 0.271 e. The largest absolute Gasteiger partial charge is 0.368 e. The lowest BCUT2D eigenvalue weighted by Gasteiger charge is -2.07. The Bertz CT molecular complexity index is 916. The average Bonchev–Trinajstić information content (AvgIpc) is 2.70. The van der Waals surface area contributed by atoms with E-state index in [0.29, 0.717) is 30.4 Å². The molecule has 0 aliphatic carbocycles. The van der Waals surface area contributed by atoms with Crippen molar-refractivity contribution < 1.29 is 9.18 Å². The highest BCUT2D eigenvalue weighted by atomic mass is 35.5. The first-order valence-corrected chi connectivity index (χ1v) is 9.31. The molecule has 144 valence electrons. The number of anilines is 1. The fourth-order valence-electron chi connectivity index (χ4n) is 2.63. The van der Waals surface area contributed by atoms with E-state index in [2.05, 4.69) is 20.6 Å². The van der Waals surface area contributed by atoms with Gasteiger partial charge in [-0.25, -0.2) is 14.4 Å². The van der Waals surface area contributed by atoms with Crippen molar-refractivity contribution in [2.24, 2.45) is 0 Å². The summed E-state index contributed by atoms with van der Waals surface area (Å²) < 4.78 is 12.9. The number of halogens is 2. The van der Waals surface area contributed by atoms with Crippen molar-refractivity contribution in [1.82, 2.24) is 15.3 Å². The van der Waals surface area contributed by atoms with Gasteiger partial charge in [-0.3, -0.25) is 4.79 Å². The molecular weight excluding hydrogens is 379 g/mol. The van der Waals surface area contributed by atoms with Gasteiger partial charge in [-0.05, 0) is 48.2 Å². The summed E-state index contributed by atoms with van der Waals surface area (Å²) in [6.07, 6.45) is 4.38. The Hall–Kier alpha value is -2.99. The van der Waals surface area contributed by atoms with Crippen LogP contribution in [0, 0.1) is 5.82 Å². The van der Waals surface area contributed by atoms with E-state index in [-0.39, 0.29) is 17.4 Å². The van der Waals surface area contributed by atoms with Crippen molar-refractivity contribution in [1.29, 1.82) is 0 Å². The lowest BCUT2D eigenvalue weighted by Crippen LogP contribution is -2.26. The molecule has 1 amide bonds. The Labute approximate surface area is 168 Å². The lowest BCUT2D eigenvalue weighted by molar-refractivity contribution is 0.0949. The predicted molar refractivity (Wildman–Crippen MR) is 108 cm³/mol. The SMILES string of the molecule is O=C(NCCc1cccc(Cl)c1)c1cnc(NCCc2ccc(F)cc2)cn1. The summed E-state index contributed by atoms with van der Waals surface area (Å²) in [5.41, 5.74) is 2.34. The van der Waals surface area contributed by atoms with Crippen LogP contribution in [-0.2, 0) is 12.8 Å². The molecule has 0 atom stereocenters. The van der Waals surface area contributed by atoms with E-state index in [0.717, 1.165) is 17.5 Å². The van der Waals surface area contributed by atoms with Crippen LogP contribution in [0.4, 0.5) is 10.2 Å². The van der Waals surface area contributed by atoms with Crippen LogP contribution in [0.2, 0.25) is 5.02 Å². The number of nitrogens with one attached hydrogen (secondary N) is 2. The quantitative estimate of drug-likeness (QED) is 0.604. The minimum Gasteiger partial charge on any atom is -0.368 e. The Balaban J connectivity index is 1.42. The van der Waals surface area contributed by atoms with Crippen molar-refractivity contribution in [3.8, 4) is 0 Å². The number of hydrogen-bond donors (Lipinski definition) is 2. The summed E-state index contributed by atoms with van der Waals surface area (Å²) in [7, 11) is 0. The van der Waals surface area contributed by atoms with Crippen LogP contribution >= 0.6 is 11.6 Å². The molecule has 1 aromatic heterocycles. The molecule has 7 heteroatoms. The minimum absolute atomic E-state index is 0.246. The van der Waals surface area contributed by atoms with Crippen LogP contribution in [0.25, 0.3) is 0 Å². The Morgan fingerprint density at radius 2 is 1.75 bits per heavy atom. The molecule has 5 nitrogen and oxygen atoms in total.